The molecule has 0 bridgehead atoms. The highest BCUT2D eigenvalue weighted by atomic mass is 16.5. The third-order valence-corrected chi connectivity index (χ3v) is 5.01. The van der Waals surface area contributed by atoms with Gasteiger partial charge in [-0.05, 0) is 48.2 Å². The molecule has 5 nitrogen and oxygen atoms in total. The van der Waals surface area contributed by atoms with Crippen LogP contribution in [-0.2, 0) is 11.3 Å². The monoisotopic (exact) mass is 387 g/mol. The molecule has 0 amide bonds. The predicted molar refractivity (Wildman–Crippen MR) is 112 cm³/mol. The molecule has 0 radical (unpaired) electrons. The average molecular weight is 387 g/mol. The van der Waals surface area contributed by atoms with E-state index in [4.69, 9.17) is 9.15 Å². The van der Waals surface area contributed by atoms with Crippen LogP contribution in [0.1, 0.15) is 46.9 Å². The number of rotatable bonds is 4. The Kier molecular flexibility index (Phi) is 4.89. The Hall–Kier alpha value is -3.47. The Bertz CT molecular complexity index is 1290. The number of carbonyl (C=O) groups is 1. The number of ether oxygens (including phenoxy) is 1. The highest BCUT2D eigenvalue weighted by Crippen LogP contribution is 2.27. The quantitative estimate of drug-likeness (QED) is 0.359. The van der Waals surface area contributed by atoms with Gasteiger partial charge in [-0.1, -0.05) is 38.1 Å². The SMILES string of the molecule is Cc1cc2oc(=O)cc(COC(=O)c3ccc4ccccc4n3)c2cc1C(C)C. The zero-order chi connectivity index (χ0) is 20.5. The molecular weight excluding hydrogens is 366 g/mol. The van der Waals surface area contributed by atoms with Crippen molar-refractivity contribution in [3.63, 3.8) is 0 Å². The van der Waals surface area contributed by atoms with Gasteiger partial charge in [0.1, 0.15) is 17.9 Å². The van der Waals surface area contributed by atoms with Gasteiger partial charge in [-0.3, -0.25) is 0 Å². The van der Waals surface area contributed by atoms with E-state index in [-0.39, 0.29) is 12.3 Å². The number of benzene rings is 2. The fourth-order valence-corrected chi connectivity index (χ4v) is 3.53. The fraction of sp³-hybridized carbons (Fsp3) is 0.208. The molecule has 0 N–H and O–H groups in total. The van der Waals surface area contributed by atoms with E-state index in [0.29, 0.717) is 17.1 Å². The summed E-state index contributed by atoms with van der Waals surface area (Å²) in [5.74, 6) is -0.211. The lowest BCUT2D eigenvalue weighted by Gasteiger charge is -2.13. The van der Waals surface area contributed by atoms with Crippen LogP contribution in [0, 0.1) is 6.92 Å². The minimum atomic E-state index is -0.534. The number of nitrogens with zero attached hydrogens (tertiary/aromatic N) is 1. The molecule has 146 valence electrons. The zero-order valence-electron chi connectivity index (χ0n) is 16.6. The van der Waals surface area contributed by atoms with Crippen LogP contribution in [-0.4, -0.2) is 11.0 Å². The Labute approximate surface area is 168 Å². The van der Waals surface area contributed by atoms with E-state index in [2.05, 4.69) is 18.8 Å². The highest BCUT2D eigenvalue weighted by molar-refractivity contribution is 5.91. The van der Waals surface area contributed by atoms with Crippen molar-refractivity contribution in [3.8, 4) is 0 Å². The molecule has 0 atom stereocenters. The molecule has 5 heteroatoms. The summed E-state index contributed by atoms with van der Waals surface area (Å²) in [6.07, 6.45) is 0. The second kappa shape index (κ2) is 7.51. The second-order valence-electron chi connectivity index (χ2n) is 7.42. The normalized spacial score (nSPS) is 11.3. The van der Waals surface area contributed by atoms with E-state index in [1.54, 1.807) is 6.07 Å². The summed E-state index contributed by atoms with van der Waals surface area (Å²) in [7, 11) is 0. The number of hydrogen-bond acceptors (Lipinski definition) is 5. The van der Waals surface area contributed by atoms with Crippen molar-refractivity contribution in [3.05, 3.63) is 87.4 Å². The van der Waals surface area contributed by atoms with Gasteiger partial charge in [0.05, 0.1) is 5.52 Å². The van der Waals surface area contributed by atoms with Gasteiger partial charge in [-0.15, -0.1) is 0 Å². The molecule has 2 aromatic heterocycles. The Morgan fingerprint density at radius 1 is 1.10 bits per heavy atom. The maximum Gasteiger partial charge on any atom is 0.357 e. The molecule has 0 aliphatic carbocycles. The molecule has 4 rings (SSSR count). The van der Waals surface area contributed by atoms with Crippen molar-refractivity contribution in [1.29, 1.82) is 0 Å². The zero-order valence-corrected chi connectivity index (χ0v) is 16.6. The molecule has 4 aromatic rings. The first-order valence-corrected chi connectivity index (χ1v) is 9.52. The van der Waals surface area contributed by atoms with Crippen molar-refractivity contribution in [2.75, 3.05) is 0 Å². The van der Waals surface area contributed by atoms with Gasteiger partial charge in [0.25, 0.3) is 0 Å². The van der Waals surface area contributed by atoms with E-state index in [1.807, 2.05) is 49.4 Å². The number of aromatic nitrogens is 1. The molecule has 29 heavy (non-hydrogen) atoms. The van der Waals surface area contributed by atoms with E-state index < -0.39 is 11.6 Å². The van der Waals surface area contributed by atoms with Crippen molar-refractivity contribution >= 4 is 27.8 Å². The number of pyridine rings is 1. The first-order chi connectivity index (χ1) is 13.9. The van der Waals surface area contributed by atoms with Crippen LogP contribution in [0.5, 0.6) is 0 Å². The predicted octanol–water partition coefficient (Wildman–Crippen LogP) is 5.13. The number of carbonyl (C=O) groups excluding carboxylic acids is 1. The van der Waals surface area contributed by atoms with Gasteiger partial charge in [-0.2, -0.15) is 0 Å². The molecule has 0 aliphatic rings. The van der Waals surface area contributed by atoms with E-state index >= 15 is 0 Å². The molecule has 0 spiro atoms. The lowest BCUT2D eigenvalue weighted by molar-refractivity contribution is 0.0467. The minimum Gasteiger partial charge on any atom is -0.456 e. The smallest absolute Gasteiger partial charge is 0.357 e. The maximum atomic E-state index is 12.5. The molecule has 0 saturated carbocycles. The summed E-state index contributed by atoms with van der Waals surface area (Å²) in [5.41, 5.74) is 3.82. The van der Waals surface area contributed by atoms with Gasteiger partial charge < -0.3 is 9.15 Å². The number of fused-ring (bicyclic) bond motifs is 2. The van der Waals surface area contributed by atoms with Crippen LogP contribution in [0.2, 0.25) is 0 Å². The summed E-state index contributed by atoms with van der Waals surface area (Å²) in [6.45, 7) is 6.18. The van der Waals surface area contributed by atoms with E-state index in [9.17, 15) is 9.59 Å². The Morgan fingerprint density at radius 2 is 1.90 bits per heavy atom. The number of esters is 1. The van der Waals surface area contributed by atoms with Gasteiger partial charge in [-0.25, -0.2) is 14.6 Å². The van der Waals surface area contributed by atoms with Crippen LogP contribution in [0.4, 0.5) is 0 Å². The van der Waals surface area contributed by atoms with Crippen LogP contribution in [0.3, 0.4) is 0 Å². The molecule has 2 aromatic carbocycles. The fourth-order valence-electron chi connectivity index (χ4n) is 3.53. The maximum absolute atomic E-state index is 12.5. The number of para-hydroxylation sites is 1. The molecule has 0 saturated heterocycles. The topological polar surface area (TPSA) is 69.4 Å². The molecule has 0 unspecified atom stereocenters. The third kappa shape index (κ3) is 3.76. The average Bonchev–Trinajstić information content (AvgIpc) is 2.70. The molecule has 0 aliphatic heterocycles. The first kappa shape index (κ1) is 18.9. The number of aryl methyl sites for hydroxylation is 1. The summed E-state index contributed by atoms with van der Waals surface area (Å²) in [6, 6.07) is 16.3. The minimum absolute atomic E-state index is 0.0317. The summed E-state index contributed by atoms with van der Waals surface area (Å²) < 4.78 is 10.8. The number of hydrogen-bond donors (Lipinski definition) is 0. The standard InChI is InChI=1S/C24H21NO4/c1-14(2)18-12-19-17(11-23(26)29-22(19)10-15(18)3)13-28-24(27)21-9-8-16-6-4-5-7-20(16)25-21/h4-12,14H,13H2,1-3H3. The molecule has 0 fully saturated rings. The van der Waals surface area contributed by atoms with E-state index in [1.165, 1.54) is 6.07 Å². The van der Waals surface area contributed by atoms with Crippen molar-refractivity contribution in [1.82, 2.24) is 4.98 Å². The first-order valence-electron chi connectivity index (χ1n) is 9.52. The van der Waals surface area contributed by atoms with Gasteiger partial charge in [0, 0.05) is 22.4 Å². The van der Waals surface area contributed by atoms with Gasteiger partial charge in [0.2, 0.25) is 0 Å². The van der Waals surface area contributed by atoms with Crippen LogP contribution in [0.25, 0.3) is 21.9 Å². The van der Waals surface area contributed by atoms with Crippen LogP contribution in [0.15, 0.2) is 63.8 Å². The van der Waals surface area contributed by atoms with Crippen LogP contribution < -0.4 is 5.63 Å². The van der Waals surface area contributed by atoms with E-state index in [0.717, 1.165) is 27.4 Å². The lowest BCUT2D eigenvalue weighted by Crippen LogP contribution is -2.10. The second-order valence-corrected chi connectivity index (χ2v) is 7.42. The lowest BCUT2D eigenvalue weighted by atomic mass is 9.95. The largest absolute Gasteiger partial charge is 0.456 e. The summed E-state index contributed by atoms with van der Waals surface area (Å²) in [4.78, 5) is 28.9. The van der Waals surface area contributed by atoms with Gasteiger partial charge >= 0.3 is 11.6 Å². The Morgan fingerprint density at radius 3 is 2.69 bits per heavy atom. The summed E-state index contributed by atoms with van der Waals surface area (Å²) >= 11 is 0. The van der Waals surface area contributed by atoms with Crippen molar-refractivity contribution in [2.24, 2.45) is 0 Å². The van der Waals surface area contributed by atoms with Crippen molar-refractivity contribution < 1.29 is 13.9 Å². The third-order valence-electron chi connectivity index (χ3n) is 5.01. The summed E-state index contributed by atoms with van der Waals surface area (Å²) in [5, 5.41) is 1.73. The molecule has 2 heterocycles. The van der Waals surface area contributed by atoms with Gasteiger partial charge in [0.15, 0.2) is 0 Å². The highest BCUT2D eigenvalue weighted by Gasteiger charge is 2.14. The Balaban J connectivity index is 1.65. The van der Waals surface area contributed by atoms with Crippen molar-refractivity contribution in [2.45, 2.75) is 33.3 Å². The van der Waals surface area contributed by atoms with Crippen LogP contribution >= 0.6 is 0 Å². The molecular formula is C24H21NO4.